The van der Waals surface area contributed by atoms with E-state index in [9.17, 15) is 0 Å². The monoisotopic (exact) mass is 242 g/mol. The van der Waals surface area contributed by atoms with Crippen LogP contribution in [0.5, 0.6) is 0 Å². The second-order valence-corrected chi connectivity index (χ2v) is 4.94. The molecule has 1 aromatic carbocycles. The summed E-state index contributed by atoms with van der Waals surface area (Å²) in [4.78, 5) is 8.98. The van der Waals surface area contributed by atoms with E-state index in [0.29, 0.717) is 6.04 Å². The van der Waals surface area contributed by atoms with E-state index >= 15 is 0 Å². The van der Waals surface area contributed by atoms with E-state index < -0.39 is 0 Å². The average molecular weight is 242 g/mol. The topological polar surface area (TPSA) is 63.8 Å². The molecule has 2 atom stereocenters. The van der Waals surface area contributed by atoms with Crippen LogP contribution < -0.4 is 11.1 Å². The first kappa shape index (κ1) is 11.4. The maximum Gasteiger partial charge on any atom is 0.145 e. The summed E-state index contributed by atoms with van der Waals surface area (Å²) < 4.78 is 0. The number of nitrogens with zero attached hydrogens (tertiary/aromatic N) is 2. The Morgan fingerprint density at radius 2 is 1.89 bits per heavy atom. The highest BCUT2D eigenvalue weighted by atomic mass is 15.1. The van der Waals surface area contributed by atoms with Gasteiger partial charge in [-0.1, -0.05) is 25.0 Å². The fourth-order valence-corrected chi connectivity index (χ4v) is 2.56. The third kappa shape index (κ3) is 2.29. The highest BCUT2D eigenvalue weighted by Gasteiger charge is 2.21. The van der Waals surface area contributed by atoms with Gasteiger partial charge in [0.2, 0.25) is 0 Å². The largest absolute Gasteiger partial charge is 0.364 e. The molecule has 1 aliphatic rings. The number of nitrogens with one attached hydrogen (secondary N) is 1. The summed E-state index contributed by atoms with van der Waals surface area (Å²) >= 11 is 0. The fourth-order valence-electron chi connectivity index (χ4n) is 2.56. The molecule has 1 saturated carbocycles. The first-order valence-electron chi connectivity index (χ1n) is 6.57. The van der Waals surface area contributed by atoms with Gasteiger partial charge in [0, 0.05) is 12.1 Å². The molecule has 0 saturated heterocycles. The molecule has 0 amide bonds. The molecule has 1 heterocycles. The zero-order chi connectivity index (χ0) is 12.4. The number of anilines is 1. The van der Waals surface area contributed by atoms with Gasteiger partial charge in [-0.3, -0.25) is 4.98 Å². The molecule has 3 rings (SSSR count). The quantitative estimate of drug-likeness (QED) is 0.848. The molecule has 2 aromatic rings. The van der Waals surface area contributed by atoms with Gasteiger partial charge in [-0.2, -0.15) is 0 Å². The van der Waals surface area contributed by atoms with E-state index in [1.807, 2.05) is 24.3 Å². The molecule has 0 radical (unpaired) electrons. The zero-order valence-corrected chi connectivity index (χ0v) is 10.3. The molecule has 18 heavy (non-hydrogen) atoms. The number of hydrogen-bond acceptors (Lipinski definition) is 4. The van der Waals surface area contributed by atoms with E-state index in [-0.39, 0.29) is 6.04 Å². The number of aromatic nitrogens is 2. The molecule has 1 aromatic heterocycles. The lowest BCUT2D eigenvalue weighted by Gasteiger charge is -2.29. The van der Waals surface area contributed by atoms with Crippen LogP contribution in [0.3, 0.4) is 0 Å². The lowest BCUT2D eigenvalue weighted by Crippen LogP contribution is -2.42. The molecule has 0 bridgehead atoms. The minimum Gasteiger partial charge on any atom is -0.364 e. The van der Waals surface area contributed by atoms with Gasteiger partial charge in [-0.25, -0.2) is 4.98 Å². The standard InChI is InChI=1S/C14H18N4/c15-10-5-1-2-6-11(10)17-14-9-16-12-7-3-4-8-13(12)18-14/h3-4,7-11H,1-2,5-6,15H2,(H,17,18). The van der Waals surface area contributed by atoms with Crippen molar-refractivity contribution in [3.8, 4) is 0 Å². The van der Waals surface area contributed by atoms with Gasteiger partial charge < -0.3 is 11.1 Å². The Hall–Kier alpha value is -1.68. The molecule has 1 aliphatic carbocycles. The van der Waals surface area contributed by atoms with E-state index in [0.717, 1.165) is 29.7 Å². The van der Waals surface area contributed by atoms with Crippen LogP contribution in [0, 0.1) is 0 Å². The molecule has 3 N–H and O–H groups in total. The molecule has 0 spiro atoms. The normalized spacial score (nSPS) is 24.1. The number of para-hydroxylation sites is 2. The Morgan fingerprint density at radius 1 is 1.11 bits per heavy atom. The molecule has 4 heteroatoms. The molecule has 1 fully saturated rings. The third-order valence-electron chi connectivity index (χ3n) is 3.60. The first-order valence-corrected chi connectivity index (χ1v) is 6.57. The van der Waals surface area contributed by atoms with Crippen molar-refractivity contribution in [1.29, 1.82) is 0 Å². The number of fused-ring (bicyclic) bond motifs is 1. The minimum absolute atomic E-state index is 0.229. The van der Waals surface area contributed by atoms with Crippen LogP contribution in [-0.4, -0.2) is 22.1 Å². The SMILES string of the molecule is NC1CCCCC1Nc1cnc2ccccc2n1. The van der Waals surface area contributed by atoms with Crippen molar-refractivity contribution in [2.75, 3.05) is 5.32 Å². The van der Waals surface area contributed by atoms with Crippen LogP contribution in [0.25, 0.3) is 11.0 Å². The summed E-state index contributed by atoms with van der Waals surface area (Å²) in [6.45, 7) is 0. The Balaban J connectivity index is 1.81. The predicted molar refractivity (Wildman–Crippen MR) is 73.4 cm³/mol. The number of rotatable bonds is 2. The molecule has 94 valence electrons. The van der Waals surface area contributed by atoms with E-state index in [2.05, 4.69) is 15.3 Å². The first-order chi connectivity index (χ1) is 8.83. The molecular weight excluding hydrogens is 224 g/mol. The van der Waals surface area contributed by atoms with E-state index in [1.165, 1.54) is 12.8 Å². The zero-order valence-electron chi connectivity index (χ0n) is 10.3. The van der Waals surface area contributed by atoms with Crippen molar-refractivity contribution < 1.29 is 0 Å². The highest BCUT2D eigenvalue weighted by Crippen LogP contribution is 2.20. The summed E-state index contributed by atoms with van der Waals surface area (Å²) in [5, 5.41) is 3.42. The van der Waals surface area contributed by atoms with Crippen molar-refractivity contribution in [2.45, 2.75) is 37.8 Å². The van der Waals surface area contributed by atoms with Gasteiger partial charge in [-0.15, -0.1) is 0 Å². The molecular formula is C14H18N4. The van der Waals surface area contributed by atoms with E-state index in [1.54, 1.807) is 6.20 Å². The van der Waals surface area contributed by atoms with Crippen molar-refractivity contribution in [2.24, 2.45) is 5.73 Å². The number of benzene rings is 1. The molecule has 4 nitrogen and oxygen atoms in total. The number of hydrogen-bond donors (Lipinski definition) is 2. The van der Waals surface area contributed by atoms with Crippen LogP contribution in [-0.2, 0) is 0 Å². The summed E-state index contributed by atoms with van der Waals surface area (Å²) in [7, 11) is 0. The fraction of sp³-hybridized carbons (Fsp3) is 0.429. The van der Waals surface area contributed by atoms with Crippen molar-refractivity contribution >= 4 is 16.9 Å². The maximum absolute atomic E-state index is 6.13. The van der Waals surface area contributed by atoms with Gasteiger partial charge in [0.1, 0.15) is 5.82 Å². The Labute approximate surface area is 107 Å². The average Bonchev–Trinajstić information content (AvgIpc) is 2.41. The second kappa shape index (κ2) is 4.90. The second-order valence-electron chi connectivity index (χ2n) is 4.94. The highest BCUT2D eigenvalue weighted by molar-refractivity contribution is 5.75. The molecule has 2 unspecified atom stereocenters. The van der Waals surface area contributed by atoms with Gasteiger partial charge in [0.05, 0.1) is 17.2 Å². The van der Waals surface area contributed by atoms with Crippen molar-refractivity contribution in [3.63, 3.8) is 0 Å². The lowest BCUT2D eigenvalue weighted by atomic mass is 9.91. The van der Waals surface area contributed by atoms with Crippen LogP contribution in [0.15, 0.2) is 30.5 Å². The Bertz CT molecular complexity index is 540. The van der Waals surface area contributed by atoms with Gasteiger partial charge >= 0.3 is 0 Å². The smallest absolute Gasteiger partial charge is 0.145 e. The minimum atomic E-state index is 0.229. The van der Waals surface area contributed by atoms with Crippen molar-refractivity contribution in [1.82, 2.24) is 9.97 Å². The Morgan fingerprint density at radius 3 is 2.72 bits per heavy atom. The van der Waals surface area contributed by atoms with Gasteiger partial charge in [-0.05, 0) is 25.0 Å². The third-order valence-corrected chi connectivity index (χ3v) is 3.60. The van der Waals surface area contributed by atoms with Gasteiger partial charge in [0.25, 0.3) is 0 Å². The Kier molecular flexibility index (Phi) is 3.11. The maximum atomic E-state index is 6.13. The van der Waals surface area contributed by atoms with Crippen LogP contribution in [0.1, 0.15) is 25.7 Å². The summed E-state index contributed by atoms with van der Waals surface area (Å²) in [6, 6.07) is 8.46. The predicted octanol–water partition coefficient (Wildman–Crippen LogP) is 2.31. The summed E-state index contributed by atoms with van der Waals surface area (Å²) in [6.07, 6.45) is 6.49. The van der Waals surface area contributed by atoms with Crippen LogP contribution in [0.2, 0.25) is 0 Å². The van der Waals surface area contributed by atoms with E-state index in [4.69, 9.17) is 5.73 Å². The summed E-state index contributed by atoms with van der Waals surface area (Å²) in [5.41, 5.74) is 7.98. The summed E-state index contributed by atoms with van der Waals surface area (Å²) in [5.74, 6) is 0.830. The van der Waals surface area contributed by atoms with Crippen molar-refractivity contribution in [3.05, 3.63) is 30.5 Å². The lowest BCUT2D eigenvalue weighted by molar-refractivity contribution is 0.403. The van der Waals surface area contributed by atoms with Gasteiger partial charge in [0.15, 0.2) is 0 Å². The molecule has 0 aliphatic heterocycles. The van der Waals surface area contributed by atoms with Crippen LogP contribution >= 0.6 is 0 Å². The number of nitrogens with two attached hydrogens (primary N) is 1. The van der Waals surface area contributed by atoms with Crippen LogP contribution in [0.4, 0.5) is 5.82 Å².